The van der Waals surface area contributed by atoms with Crippen molar-refractivity contribution < 1.29 is 9.21 Å². The van der Waals surface area contributed by atoms with E-state index in [4.69, 9.17) is 10.2 Å². The van der Waals surface area contributed by atoms with Crippen LogP contribution in [0, 0.1) is 6.92 Å². The molecule has 0 saturated carbocycles. The predicted octanol–water partition coefficient (Wildman–Crippen LogP) is 0.903. The zero-order chi connectivity index (χ0) is 9.35. The maximum Gasteiger partial charge on any atom is 0.265 e. The molecule has 0 spiro atoms. The minimum absolute atomic E-state index is 0.0833. The number of aromatic nitrogens is 1. The van der Waals surface area contributed by atoms with E-state index in [1.54, 1.807) is 20.8 Å². The maximum absolute atomic E-state index is 11.4. The molecular formula is C8H12N2O2. The molecule has 4 heteroatoms. The lowest BCUT2D eigenvalue weighted by molar-refractivity contribution is 0.0876. The van der Waals surface area contributed by atoms with Gasteiger partial charge < -0.3 is 10.2 Å². The quantitative estimate of drug-likeness (QED) is 0.666. The molecule has 0 bridgehead atoms. The molecule has 0 aliphatic heterocycles. The summed E-state index contributed by atoms with van der Waals surface area (Å²) in [6, 6.07) is 0. The van der Waals surface area contributed by atoms with Crippen LogP contribution in [0.4, 0.5) is 0 Å². The minimum Gasteiger partial charge on any atom is -0.439 e. The molecule has 1 rings (SSSR count). The van der Waals surface area contributed by atoms with Gasteiger partial charge in [-0.1, -0.05) is 0 Å². The third kappa shape index (κ3) is 1.71. The number of aryl methyl sites for hydroxylation is 1. The van der Waals surface area contributed by atoms with E-state index in [-0.39, 0.29) is 11.7 Å². The van der Waals surface area contributed by atoms with Gasteiger partial charge in [0.2, 0.25) is 5.78 Å². The van der Waals surface area contributed by atoms with Gasteiger partial charge in [0.15, 0.2) is 0 Å². The Bertz CT molecular complexity index is 296. The highest BCUT2D eigenvalue weighted by Crippen LogP contribution is 2.09. The number of oxazole rings is 1. The van der Waals surface area contributed by atoms with Gasteiger partial charge >= 0.3 is 0 Å². The van der Waals surface area contributed by atoms with Crippen molar-refractivity contribution in [2.24, 2.45) is 5.73 Å². The van der Waals surface area contributed by atoms with Crippen LogP contribution in [0.5, 0.6) is 0 Å². The zero-order valence-corrected chi connectivity index (χ0v) is 7.42. The van der Waals surface area contributed by atoms with Crippen molar-refractivity contribution in [2.75, 3.05) is 0 Å². The molecule has 1 aromatic rings. The standard InChI is InChI=1S/C8H12N2O2/c1-5-4-10-7(12-5)6(11)8(2,3)9/h4H,9H2,1-3H3. The Morgan fingerprint density at radius 2 is 2.25 bits per heavy atom. The first-order chi connectivity index (χ1) is 5.41. The Hall–Kier alpha value is -1.16. The Balaban J connectivity index is 2.93. The van der Waals surface area contributed by atoms with Crippen LogP contribution < -0.4 is 5.73 Å². The second kappa shape index (κ2) is 2.71. The van der Waals surface area contributed by atoms with Crippen molar-refractivity contribution >= 4 is 5.78 Å². The highest BCUT2D eigenvalue weighted by molar-refractivity contribution is 5.98. The lowest BCUT2D eigenvalue weighted by Crippen LogP contribution is -2.41. The zero-order valence-electron chi connectivity index (χ0n) is 7.42. The van der Waals surface area contributed by atoms with Crippen molar-refractivity contribution in [3.63, 3.8) is 0 Å². The third-order valence-electron chi connectivity index (χ3n) is 1.40. The lowest BCUT2D eigenvalue weighted by Gasteiger charge is -2.13. The molecule has 0 aliphatic carbocycles. The Morgan fingerprint density at radius 3 is 2.58 bits per heavy atom. The largest absolute Gasteiger partial charge is 0.439 e. The normalized spacial score (nSPS) is 11.7. The number of carbonyl (C=O) groups is 1. The summed E-state index contributed by atoms with van der Waals surface area (Å²) in [6.45, 7) is 4.97. The minimum atomic E-state index is -0.919. The van der Waals surface area contributed by atoms with Crippen LogP contribution in [0.2, 0.25) is 0 Å². The Kier molecular flexibility index (Phi) is 2.02. The van der Waals surface area contributed by atoms with Crippen LogP contribution in [0.25, 0.3) is 0 Å². The summed E-state index contributed by atoms with van der Waals surface area (Å²) in [5, 5.41) is 0. The SMILES string of the molecule is Cc1cnc(C(=O)C(C)(C)N)o1. The fourth-order valence-electron chi connectivity index (χ4n) is 0.735. The van der Waals surface area contributed by atoms with Gasteiger partial charge in [-0.15, -0.1) is 0 Å². The van der Waals surface area contributed by atoms with Crippen molar-refractivity contribution in [2.45, 2.75) is 26.3 Å². The van der Waals surface area contributed by atoms with E-state index in [2.05, 4.69) is 4.98 Å². The summed E-state index contributed by atoms with van der Waals surface area (Å²) >= 11 is 0. The highest BCUT2D eigenvalue weighted by atomic mass is 16.4. The molecule has 0 radical (unpaired) electrons. The molecule has 0 aliphatic rings. The fourth-order valence-corrected chi connectivity index (χ4v) is 0.735. The van der Waals surface area contributed by atoms with Crippen LogP contribution in [-0.4, -0.2) is 16.3 Å². The van der Waals surface area contributed by atoms with Gasteiger partial charge in [-0.2, -0.15) is 0 Å². The molecule has 0 aromatic carbocycles. The molecule has 12 heavy (non-hydrogen) atoms. The predicted molar refractivity (Wildman–Crippen MR) is 43.8 cm³/mol. The second-order valence-corrected chi connectivity index (χ2v) is 3.33. The molecule has 1 heterocycles. The summed E-state index contributed by atoms with van der Waals surface area (Å²) in [6.07, 6.45) is 1.50. The molecule has 0 unspecified atom stereocenters. The number of ketones is 1. The van der Waals surface area contributed by atoms with E-state index in [0.29, 0.717) is 5.76 Å². The lowest BCUT2D eigenvalue weighted by atomic mass is 10.0. The monoisotopic (exact) mass is 168 g/mol. The topological polar surface area (TPSA) is 69.1 Å². The molecule has 0 saturated heterocycles. The van der Waals surface area contributed by atoms with Crippen molar-refractivity contribution in [3.8, 4) is 0 Å². The fraction of sp³-hybridized carbons (Fsp3) is 0.500. The van der Waals surface area contributed by atoms with Gasteiger partial charge in [-0.25, -0.2) is 4.98 Å². The first-order valence-corrected chi connectivity index (χ1v) is 3.67. The van der Waals surface area contributed by atoms with Crippen molar-refractivity contribution in [1.82, 2.24) is 4.98 Å². The summed E-state index contributed by atoms with van der Waals surface area (Å²) < 4.78 is 5.03. The first kappa shape index (κ1) is 8.93. The molecule has 0 fully saturated rings. The summed E-state index contributed by atoms with van der Waals surface area (Å²) in [4.78, 5) is 15.2. The molecule has 0 atom stereocenters. The van der Waals surface area contributed by atoms with Crippen LogP contribution in [0.3, 0.4) is 0 Å². The number of hydrogen-bond donors (Lipinski definition) is 1. The van der Waals surface area contributed by atoms with E-state index in [0.717, 1.165) is 0 Å². The van der Waals surface area contributed by atoms with Gasteiger partial charge in [0.25, 0.3) is 5.89 Å². The van der Waals surface area contributed by atoms with Gasteiger partial charge in [0.1, 0.15) is 5.76 Å². The molecular weight excluding hydrogens is 156 g/mol. The highest BCUT2D eigenvalue weighted by Gasteiger charge is 2.27. The van der Waals surface area contributed by atoms with E-state index < -0.39 is 5.54 Å². The maximum atomic E-state index is 11.4. The van der Waals surface area contributed by atoms with Gasteiger partial charge in [-0.05, 0) is 20.8 Å². The Labute approximate surface area is 70.8 Å². The summed E-state index contributed by atoms with van der Waals surface area (Å²) in [5.41, 5.74) is 4.65. The number of Topliss-reactive ketones (excluding diaryl/α,β-unsaturated/α-hetero) is 1. The molecule has 4 nitrogen and oxygen atoms in total. The first-order valence-electron chi connectivity index (χ1n) is 3.67. The second-order valence-electron chi connectivity index (χ2n) is 3.33. The van der Waals surface area contributed by atoms with E-state index in [9.17, 15) is 4.79 Å². The van der Waals surface area contributed by atoms with E-state index in [1.807, 2.05) is 0 Å². The van der Waals surface area contributed by atoms with Crippen molar-refractivity contribution in [1.29, 1.82) is 0 Å². The number of carbonyl (C=O) groups excluding carboxylic acids is 1. The summed E-state index contributed by atoms with van der Waals surface area (Å²) in [5.74, 6) is 0.415. The van der Waals surface area contributed by atoms with Gasteiger partial charge in [-0.3, -0.25) is 4.79 Å². The molecule has 66 valence electrons. The molecule has 1 aromatic heterocycles. The van der Waals surface area contributed by atoms with E-state index in [1.165, 1.54) is 6.20 Å². The summed E-state index contributed by atoms with van der Waals surface area (Å²) in [7, 11) is 0. The van der Waals surface area contributed by atoms with Gasteiger partial charge in [0.05, 0.1) is 11.7 Å². The van der Waals surface area contributed by atoms with E-state index >= 15 is 0 Å². The number of nitrogens with zero attached hydrogens (tertiary/aromatic N) is 1. The smallest absolute Gasteiger partial charge is 0.265 e. The van der Waals surface area contributed by atoms with Crippen LogP contribution in [0.15, 0.2) is 10.6 Å². The van der Waals surface area contributed by atoms with Crippen molar-refractivity contribution in [3.05, 3.63) is 17.8 Å². The molecule has 2 N–H and O–H groups in total. The van der Waals surface area contributed by atoms with Crippen LogP contribution in [-0.2, 0) is 0 Å². The molecule has 0 amide bonds. The Morgan fingerprint density at radius 1 is 1.67 bits per heavy atom. The van der Waals surface area contributed by atoms with Crippen LogP contribution >= 0.6 is 0 Å². The van der Waals surface area contributed by atoms with Gasteiger partial charge in [0, 0.05) is 0 Å². The number of hydrogen-bond acceptors (Lipinski definition) is 4. The average Bonchev–Trinajstić information content (AvgIpc) is 2.32. The number of rotatable bonds is 2. The third-order valence-corrected chi connectivity index (χ3v) is 1.40. The van der Waals surface area contributed by atoms with Crippen LogP contribution in [0.1, 0.15) is 30.3 Å². The number of nitrogens with two attached hydrogens (primary N) is 1. The average molecular weight is 168 g/mol.